The molecule has 0 saturated carbocycles. The molecule has 8 aromatic rings. The van der Waals surface area contributed by atoms with E-state index in [1.54, 1.807) is 0 Å². The minimum Gasteiger partial charge on any atom is -0.334 e. The van der Waals surface area contributed by atoms with Gasteiger partial charge in [0.25, 0.3) is 0 Å². The number of hydrogen-bond acceptors (Lipinski definition) is 4. The highest BCUT2D eigenvalue weighted by Gasteiger charge is 2.24. The van der Waals surface area contributed by atoms with Gasteiger partial charge < -0.3 is 19.6 Å². The van der Waals surface area contributed by atoms with E-state index in [9.17, 15) is 0 Å². The molecule has 0 aromatic heterocycles. The first-order chi connectivity index (χ1) is 31.8. The van der Waals surface area contributed by atoms with E-state index in [0.29, 0.717) is 0 Å². The Morgan fingerprint density at radius 1 is 0.312 bits per heavy atom. The quantitative estimate of drug-likeness (QED) is 0.115. The second kappa shape index (κ2) is 18.9. The van der Waals surface area contributed by atoms with Crippen LogP contribution >= 0.6 is 0 Å². The topological polar surface area (TPSA) is 13.0 Å². The number of hydrogen-bond donors (Lipinski definition) is 0. The molecule has 0 amide bonds. The molecular formula is C60H50N4. The third-order valence-electron chi connectivity index (χ3n) is 12.0. The summed E-state index contributed by atoms with van der Waals surface area (Å²) in [5, 5.41) is 0. The van der Waals surface area contributed by atoms with E-state index in [1.807, 2.05) is 0 Å². The minimum atomic E-state index is 0.147. The Balaban J connectivity index is 0.908. The molecule has 2 aliphatic carbocycles. The number of rotatable bonds is 13. The van der Waals surface area contributed by atoms with Crippen LogP contribution in [0, 0.1) is 0 Å². The molecule has 0 heterocycles. The Kier molecular flexibility index (Phi) is 11.8. The van der Waals surface area contributed by atoms with Crippen LogP contribution < -0.4 is 19.6 Å². The molecule has 2 aliphatic rings. The van der Waals surface area contributed by atoms with Crippen LogP contribution in [-0.4, -0.2) is 6.04 Å². The Morgan fingerprint density at radius 3 is 0.969 bits per heavy atom. The molecule has 1 atom stereocenters. The molecule has 1 unspecified atom stereocenters. The number of benzene rings is 8. The summed E-state index contributed by atoms with van der Waals surface area (Å²) in [5.74, 6) is 0. The maximum absolute atomic E-state index is 2.46. The van der Waals surface area contributed by atoms with Gasteiger partial charge in [0, 0.05) is 62.6 Å². The van der Waals surface area contributed by atoms with Gasteiger partial charge in [-0.2, -0.15) is 0 Å². The fourth-order valence-corrected chi connectivity index (χ4v) is 8.97. The van der Waals surface area contributed by atoms with Crippen LogP contribution in [0.2, 0.25) is 0 Å². The van der Waals surface area contributed by atoms with E-state index < -0.39 is 0 Å². The maximum Gasteiger partial charge on any atom is 0.0561 e. The predicted molar refractivity (Wildman–Crippen MR) is 270 cm³/mol. The van der Waals surface area contributed by atoms with Gasteiger partial charge in [-0.15, -0.1) is 0 Å². The monoisotopic (exact) mass is 826 g/mol. The lowest BCUT2D eigenvalue weighted by Gasteiger charge is -2.35. The molecule has 310 valence electrons. The predicted octanol–water partition coefficient (Wildman–Crippen LogP) is 16.1. The van der Waals surface area contributed by atoms with Gasteiger partial charge in [0.1, 0.15) is 0 Å². The molecule has 4 nitrogen and oxygen atoms in total. The lowest BCUT2D eigenvalue weighted by Crippen LogP contribution is -2.31. The summed E-state index contributed by atoms with van der Waals surface area (Å²) in [5.41, 5.74) is 15.3. The van der Waals surface area contributed by atoms with Crippen molar-refractivity contribution >= 4 is 45.5 Å². The van der Waals surface area contributed by atoms with Gasteiger partial charge in [0.2, 0.25) is 0 Å². The van der Waals surface area contributed by atoms with Crippen molar-refractivity contribution in [1.82, 2.24) is 0 Å². The summed E-state index contributed by atoms with van der Waals surface area (Å²) in [7, 11) is 0. The second-order valence-electron chi connectivity index (χ2n) is 16.1. The summed E-state index contributed by atoms with van der Waals surface area (Å²) in [6.07, 6.45) is 14.3. The lowest BCUT2D eigenvalue weighted by molar-refractivity contribution is 0.777. The van der Waals surface area contributed by atoms with Gasteiger partial charge >= 0.3 is 0 Å². The van der Waals surface area contributed by atoms with E-state index in [-0.39, 0.29) is 6.04 Å². The minimum absolute atomic E-state index is 0.147. The zero-order chi connectivity index (χ0) is 42.9. The van der Waals surface area contributed by atoms with Crippen molar-refractivity contribution in [3.05, 3.63) is 278 Å². The lowest BCUT2D eigenvalue weighted by atomic mass is 10.00. The van der Waals surface area contributed by atoms with Crippen molar-refractivity contribution in [1.29, 1.82) is 0 Å². The van der Waals surface area contributed by atoms with Crippen molar-refractivity contribution < 1.29 is 0 Å². The standard InChI is InChI=1S/C60H50N4/c1-7-19-49(20-8-1)61(50-21-9-2-10-22-50)57-39-43-59(44-40-57)63(53-27-15-5-16-28-53)55-35-31-47(32-36-55)48-33-37-56(38-34-48)64(54-29-17-6-18-30-54)60-45-41-58(42-46-60)62(51-23-11-3-12-24-51)52-25-13-4-14-26-52/h1-41,43,45,59H,42,44,46H2. The highest BCUT2D eigenvalue weighted by Crippen LogP contribution is 2.40. The van der Waals surface area contributed by atoms with E-state index in [2.05, 4.69) is 281 Å². The van der Waals surface area contributed by atoms with Crippen LogP contribution in [0.1, 0.15) is 19.3 Å². The van der Waals surface area contributed by atoms with E-state index in [0.717, 1.165) is 47.7 Å². The summed E-state index contributed by atoms with van der Waals surface area (Å²) in [6.45, 7) is 0. The molecule has 4 heteroatoms. The highest BCUT2D eigenvalue weighted by molar-refractivity contribution is 5.77. The molecule has 8 aromatic carbocycles. The zero-order valence-electron chi connectivity index (χ0n) is 35.8. The van der Waals surface area contributed by atoms with E-state index in [1.165, 1.54) is 45.3 Å². The Labute approximate surface area is 377 Å². The van der Waals surface area contributed by atoms with Crippen molar-refractivity contribution in [3.63, 3.8) is 0 Å². The molecule has 0 fully saturated rings. The van der Waals surface area contributed by atoms with Crippen LogP contribution in [0.25, 0.3) is 11.1 Å². The number of para-hydroxylation sites is 6. The van der Waals surface area contributed by atoms with E-state index in [4.69, 9.17) is 0 Å². The average molecular weight is 827 g/mol. The van der Waals surface area contributed by atoms with Gasteiger partial charge in [0.05, 0.1) is 6.04 Å². The number of anilines is 8. The molecule has 0 spiro atoms. The van der Waals surface area contributed by atoms with Crippen molar-refractivity contribution in [2.24, 2.45) is 0 Å². The third-order valence-corrected chi connectivity index (χ3v) is 12.0. The van der Waals surface area contributed by atoms with Crippen molar-refractivity contribution in [2.45, 2.75) is 25.3 Å². The van der Waals surface area contributed by atoms with Crippen LogP contribution in [0.4, 0.5) is 45.5 Å². The smallest absolute Gasteiger partial charge is 0.0561 e. The van der Waals surface area contributed by atoms with Crippen LogP contribution in [0.3, 0.4) is 0 Å². The Bertz CT molecular complexity index is 2790. The molecule has 0 radical (unpaired) electrons. The van der Waals surface area contributed by atoms with Crippen molar-refractivity contribution in [3.8, 4) is 11.1 Å². The van der Waals surface area contributed by atoms with Crippen LogP contribution in [0.15, 0.2) is 278 Å². The van der Waals surface area contributed by atoms with E-state index >= 15 is 0 Å². The molecule has 0 N–H and O–H groups in total. The van der Waals surface area contributed by atoms with Gasteiger partial charge in [0.15, 0.2) is 0 Å². The normalized spacial score (nSPS) is 14.4. The largest absolute Gasteiger partial charge is 0.334 e. The average Bonchev–Trinajstić information content (AvgIpc) is 3.38. The molecule has 64 heavy (non-hydrogen) atoms. The summed E-state index contributed by atoms with van der Waals surface area (Å²) in [4.78, 5) is 9.58. The fraction of sp³-hybridized carbons (Fsp3) is 0.0667. The van der Waals surface area contributed by atoms with Gasteiger partial charge in [-0.1, -0.05) is 146 Å². The summed E-state index contributed by atoms with van der Waals surface area (Å²) in [6, 6.07) is 82.3. The highest BCUT2D eigenvalue weighted by atomic mass is 15.2. The Hall–Kier alpha value is -8.08. The Morgan fingerprint density at radius 2 is 0.625 bits per heavy atom. The maximum atomic E-state index is 2.46. The molecule has 0 bridgehead atoms. The van der Waals surface area contributed by atoms with Gasteiger partial charge in [-0.05, 0) is 146 Å². The third kappa shape index (κ3) is 8.68. The first-order valence-electron chi connectivity index (χ1n) is 22.3. The first kappa shape index (κ1) is 40.0. The van der Waals surface area contributed by atoms with Crippen LogP contribution in [0.5, 0.6) is 0 Å². The summed E-state index contributed by atoms with van der Waals surface area (Å²) < 4.78 is 0. The van der Waals surface area contributed by atoms with Crippen molar-refractivity contribution in [2.75, 3.05) is 19.6 Å². The number of nitrogens with zero attached hydrogens (tertiary/aromatic N) is 4. The second-order valence-corrected chi connectivity index (χ2v) is 16.1. The summed E-state index contributed by atoms with van der Waals surface area (Å²) >= 11 is 0. The molecule has 0 saturated heterocycles. The molecule has 10 rings (SSSR count). The van der Waals surface area contributed by atoms with Crippen LogP contribution in [-0.2, 0) is 0 Å². The SMILES string of the molecule is C1=CC(N(c2ccccc2)c2ccc(-c3ccc(N(C4=CC=C(N(c5ccccc5)c5ccccc5)CC4)c4ccccc4)cc3)cc2)CC=C1N(c1ccccc1)c1ccccc1. The zero-order valence-corrected chi connectivity index (χ0v) is 35.8. The number of allylic oxidation sites excluding steroid dienone is 5. The molecule has 0 aliphatic heterocycles. The first-order valence-corrected chi connectivity index (χ1v) is 22.3. The fourth-order valence-electron chi connectivity index (χ4n) is 8.97. The van der Waals surface area contributed by atoms with Gasteiger partial charge in [-0.25, -0.2) is 0 Å². The van der Waals surface area contributed by atoms with Gasteiger partial charge in [-0.3, -0.25) is 0 Å². The molecular weight excluding hydrogens is 777 g/mol.